The van der Waals surface area contributed by atoms with Crippen LogP contribution in [0, 0.1) is 20.8 Å². The first-order chi connectivity index (χ1) is 17.1. The minimum atomic E-state index is -1.05. The summed E-state index contributed by atoms with van der Waals surface area (Å²) in [7, 11) is 0. The minimum Gasteiger partial charge on any atom is -0.507 e. The van der Waals surface area contributed by atoms with Crippen molar-refractivity contribution in [3.05, 3.63) is 86.5 Å². The summed E-state index contributed by atoms with van der Waals surface area (Å²) in [5.74, 6) is 0.589. The number of phenolic OH excluding ortho intramolecular Hbond substituents is 3. The number of aromatic hydroxyl groups is 3. The molecule has 0 aromatic heterocycles. The molecule has 0 bridgehead atoms. The topological polar surface area (TPSA) is 60.7 Å². The Kier molecular flexibility index (Phi) is 7.30. The summed E-state index contributed by atoms with van der Waals surface area (Å²) in [6, 6.07) is 12.1. The number of hydrogen-bond donors (Lipinski definition) is 3. The molecule has 0 aliphatic carbocycles. The highest BCUT2D eigenvalue weighted by Crippen LogP contribution is 2.54. The molecule has 3 rings (SSSR count). The third-order valence-corrected chi connectivity index (χ3v) is 7.80. The molecule has 3 N–H and O–H groups in total. The van der Waals surface area contributed by atoms with E-state index in [2.05, 4.69) is 62.3 Å². The molecule has 3 aromatic carbocycles. The van der Waals surface area contributed by atoms with E-state index in [0.717, 1.165) is 33.4 Å². The first-order valence-electron chi connectivity index (χ1n) is 13.6. The van der Waals surface area contributed by atoms with Crippen LogP contribution in [-0.4, -0.2) is 15.3 Å². The Balaban J connectivity index is 2.65. The molecule has 0 amide bonds. The molecule has 0 saturated heterocycles. The molecular formula is C35H48O3. The third-order valence-electron chi connectivity index (χ3n) is 7.80. The summed E-state index contributed by atoms with van der Waals surface area (Å²) >= 11 is 0. The van der Waals surface area contributed by atoms with Gasteiger partial charge in [-0.05, 0) is 60.6 Å². The molecule has 0 heterocycles. The first-order valence-corrected chi connectivity index (χ1v) is 13.6. The van der Waals surface area contributed by atoms with Crippen molar-refractivity contribution in [1.82, 2.24) is 0 Å². The maximum Gasteiger partial charge on any atom is 0.123 e. The fourth-order valence-corrected chi connectivity index (χ4v) is 5.63. The van der Waals surface area contributed by atoms with Gasteiger partial charge in [0.05, 0.1) is 5.41 Å². The molecule has 0 fully saturated rings. The van der Waals surface area contributed by atoms with Crippen LogP contribution in [-0.2, 0) is 21.7 Å². The molecule has 0 radical (unpaired) electrons. The fourth-order valence-electron chi connectivity index (χ4n) is 5.63. The van der Waals surface area contributed by atoms with Gasteiger partial charge in [-0.1, -0.05) is 115 Å². The van der Waals surface area contributed by atoms with Crippen molar-refractivity contribution < 1.29 is 15.3 Å². The van der Waals surface area contributed by atoms with Crippen LogP contribution in [0.2, 0.25) is 0 Å². The second-order valence-electron chi connectivity index (χ2n) is 14.5. The van der Waals surface area contributed by atoms with Crippen LogP contribution in [0.1, 0.15) is 119 Å². The van der Waals surface area contributed by atoms with E-state index in [4.69, 9.17) is 0 Å². The van der Waals surface area contributed by atoms with Crippen LogP contribution in [0.25, 0.3) is 0 Å². The summed E-state index contributed by atoms with van der Waals surface area (Å²) in [5.41, 5.74) is 5.60. The lowest BCUT2D eigenvalue weighted by molar-refractivity contribution is 0.405. The molecule has 3 heteroatoms. The Morgan fingerprint density at radius 1 is 0.368 bits per heavy atom. The predicted octanol–water partition coefficient (Wildman–Crippen LogP) is 8.98. The SMILES string of the molecule is Cc1cc(C(C)(C)C)c(O)c(C(C)(c2cc(C)cc(C(C)(C)C)c2O)c2cc(C)cc(C(C)(C)C)c2O)c1. The summed E-state index contributed by atoms with van der Waals surface area (Å²) < 4.78 is 0. The monoisotopic (exact) mass is 516 g/mol. The van der Waals surface area contributed by atoms with Gasteiger partial charge in [0.15, 0.2) is 0 Å². The number of benzene rings is 3. The van der Waals surface area contributed by atoms with E-state index >= 15 is 0 Å². The van der Waals surface area contributed by atoms with Crippen LogP contribution in [0.5, 0.6) is 17.2 Å². The normalized spacial score (nSPS) is 13.2. The molecule has 0 saturated carbocycles. The largest absolute Gasteiger partial charge is 0.507 e. The number of aryl methyl sites for hydroxylation is 3. The summed E-state index contributed by atoms with van der Waals surface area (Å²) in [6.07, 6.45) is 0. The lowest BCUT2D eigenvalue weighted by Gasteiger charge is -2.38. The second kappa shape index (κ2) is 9.36. The maximum absolute atomic E-state index is 11.9. The summed E-state index contributed by atoms with van der Waals surface area (Å²) in [6.45, 7) is 26.9. The predicted molar refractivity (Wildman–Crippen MR) is 160 cm³/mol. The smallest absolute Gasteiger partial charge is 0.123 e. The van der Waals surface area contributed by atoms with Gasteiger partial charge in [0.1, 0.15) is 17.2 Å². The van der Waals surface area contributed by atoms with Crippen LogP contribution in [0.4, 0.5) is 0 Å². The minimum absolute atomic E-state index is 0.196. The van der Waals surface area contributed by atoms with Gasteiger partial charge in [0, 0.05) is 16.7 Å². The first kappa shape index (κ1) is 29.6. The lowest BCUT2D eigenvalue weighted by Crippen LogP contribution is -2.29. The highest BCUT2D eigenvalue weighted by atomic mass is 16.3. The lowest BCUT2D eigenvalue weighted by atomic mass is 9.65. The van der Waals surface area contributed by atoms with Gasteiger partial charge in [-0.3, -0.25) is 0 Å². The van der Waals surface area contributed by atoms with Crippen LogP contribution in [0.3, 0.4) is 0 Å². The van der Waals surface area contributed by atoms with Gasteiger partial charge >= 0.3 is 0 Å². The molecule has 0 aliphatic heterocycles. The highest BCUT2D eigenvalue weighted by Gasteiger charge is 2.42. The van der Waals surface area contributed by atoms with E-state index < -0.39 is 5.41 Å². The number of rotatable bonds is 3. The van der Waals surface area contributed by atoms with Gasteiger partial charge in [0.25, 0.3) is 0 Å². The Bertz CT molecular complexity index is 1200. The number of hydrogen-bond acceptors (Lipinski definition) is 3. The van der Waals surface area contributed by atoms with Crippen molar-refractivity contribution in [3.8, 4) is 17.2 Å². The quantitative estimate of drug-likeness (QED) is 0.304. The van der Waals surface area contributed by atoms with E-state index in [-0.39, 0.29) is 33.5 Å². The van der Waals surface area contributed by atoms with E-state index in [9.17, 15) is 15.3 Å². The Morgan fingerprint density at radius 3 is 0.737 bits per heavy atom. The van der Waals surface area contributed by atoms with Gasteiger partial charge < -0.3 is 15.3 Å². The van der Waals surface area contributed by atoms with Crippen molar-refractivity contribution in [1.29, 1.82) is 0 Å². The van der Waals surface area contributed by atoms with Crippen molar-refractivity contribution in [3.63, 3.8) is 0 Å². The highest BCUT2D eigenvalue weighted by molar-refractivity contribution is 5.67. The molecule has 0 spiro atoms. The molecule has 38 heavy (non-hydrogen) atoms. The van der Waals surface area contributed by atoms with E-state index in [0.29, 0.717) is 16.7 Å². The Morgan fingerprint density at radius 2 is 0.553 bits per heavy atom. The molecular weight excluding hydrogens is 468 g/mol. The summed E-state index contributed by atoms with van der Waals surface area (Å²) in [5, 5.41) is 35.8. The Hall–Kier alpha value is -2.94. The third kappa shape index (κ3) is 5.17. The van der Waals surface area contributed by atoms with E-state index in [1.165, 1.54) is 0 Å². The van der Waals surface area contributed by atoms with Crippen molar-refractivity contribution in [2.24, 2.45) is 0 Å². The molecule has 3 nitrogen and oxygen atoms in total. The summed E-state index contributed by atoms with van der Waals surface area (Å²) in [4.78, 5) is 0. The molecule has 0 atom stereocenters. The van der Waals surface area contributed by atoms with E-state index in [1.807, 2.05) is 64.1 Å². The molecule has 206 valence electrons. The molecule has 0 aliphatic rings. The zero-order valence-corrected chi connectivity index (χ0v) is 25.8. The van der Waals surface area contributed by atoms with Gasteiger partial charge in [-0.2, -0.15) is 0 Å². The number of phenols is 3. The van der Waals surface area contributed by atoms with Gasteiger partial charge in [-0.15, -0.1) is 0 Å². The van der Waals surface area contributed by atoms with Crippen LogP contribution >= 0.6 is 0 Å². The molecule has 3 aromatic rings. The van der Waals surface area contributed by atoms with Crippen molar-refractivity contribution in [2.45, 2.75) is 112 Å². The van der Waals surface area contributed by atoms with E-state index in [1.54, 1.807) is 0 Å². The average Bonchev–Trinajstić information content (AvgIpc) is 2.75. The van der Waals surface area contributed by atoms with Crippen molar-refractivity contribution in [2.75, 3.05) is 0 Å². The van der Waals surface area contributed by atoms with Gasteiger partial charge in [0.2, 0.25) is 0 Å². The standard InChI is InChI=1S/C35H48O3/c1-20-14-23(32(4,5)6)29(36)26(17-20)35(13,27-18-21(2)15-24(30(27)37)33(7,8)9)28-19-22(3)16-25(31(28)38)34(10,11)12/h14-19,36-38H,1-13H3. The fraction of sp³-hybridized carbons (Fsp3) is 0.486. The zero-order chi connectivity index (χ0) is 29.2. The zero-order valence-electron chi connectivity index (χ0n) is 25.8. The second-order valence-corrected chi connectivity index (χ2v) is 14.5. The van der Waals surface area contributed by atoms with Crippen molar-refractivity contribution >= 4 is 0 Å². The van der Waals surface area contributed by atoms with Gasteiger partial charge in [-0.25, -0.2) is 0 Å². The Labute approximate surface area is 230 Å². The average molecular weight is 517 g/mol. The maximum atomic E-state index is 11.9. The van der Waals surface area contributed by atoms with Crippen LogP contribution < -0.4 is 0 Å². The van der Waals surface area contributed by atoms with Crippen LogP contribution in [0.15, 0.2) is 36.4 Å². The molecule has 0 unspecified atom stereocenters.